The van der Waals surface area contributed by atoms with Crippen LogP contribution in [0.25, 0.3) is 0 Å². The zero-order valence-corrected chi connectivity index (χ0v) is 16.2. The van der Waals surface area contributed by atoms with E-state index >= 15 is 0 Å². The summed E-state index contributed by atoms with van der Waals surface area (Å²) in [6.07, 6.45) is 0. The first kappa shape index (κ1) is 20.1. The number of amides is 1. The Balaban J connectivity index is 1.81. The standard InChI is InChI=1S/C19H23ClN4OS/c1-2-22-19(23-11-12-26-17-9-7-16(20)8-10-17)24-13-14-3-5-15(6-4-14)18(21)25/h3-10H,2,11-13H2,1H3,(H2,21,25)(H2,22,23,24). The van der Waals surface area contributed by atoms with Gasteiger partial charge in [-0.3, -0.25) is 4.79 Å². The van der Waals surface area contributed by atoms with Crippen molar-refractivity contribution in [3.8, 4) is 0 Å². The van der Waals surface area contributed by atoms with Crippen molar-refractivity contribution >= 4 is 35.2 Å². The molecule has 0 aliphatic rings. The molecule has 1 amide bonds. The Bertz CT molecular complexity index is 732. The minimum atomic E-state index is -0.423. The molecular formula is C19H23ClN4OS. The van der Waals surface area contributed by atoms with Crippen LogP contribution < -0.4 is 16.4 Å². The third-order valence-electron chi connectivity index (χ3n) is 3.48. The van der Waals surface area contributed by atoms with Crippen molar-refractivity contribution in [2.45, 2.75) is 18.4 Å². The van der Waals surface area contributed by atoms with Crippen molar-refractivity contribution in [2.75, 3.05) is 18.8 Å². The van der Waals surface area contributed by atoms with Crippen molar-refractivity contribution in [3.05, 3.63) is 64.7 Å². The number of hydrogen-bond donors (Lipinski definition) is 3. The Morgan fingerprint density at radius 1 is 1.12 bits per heavy atom. The number of nitrogens with zero attached hydrogens (tertiary/aromatic N) is 1. The molecule has 0 radical (unpaired) electrons. The van der Waals surface area contributed by atoms with Crippen LogP contribution in [-0.2, 0) is 6.54 Å². The van der Waals surface area contributed by atoms with Crippen LogP contribution >= 0.6 is 23.4 Å². The van der Waals surface area contributed by atoms with Gasteiger partial charge in [0.1, 0.15) is 0 Å². The molecule has 0 aliphatic carbocycles. The van der Waals surface area contributed by atoms with Gasteiger partial charge in [0, 0.05) is 34.3 Å². The summed E-state index contributed by atoms with van der Waals surface area (Å²) < 4.78 is 0. The van der Waals surface area contributed by atoms with Crippen LogP contribution in [0.2, 0.25) is 5.02 Å². The van der Waals surface area contributed by atoms with Gasteiger partial charge in [-0.25, -0.2) is 4.99 Å². The van der Waals surface area contributed by atoms with Crippen molar-refractivity contribution in [1.29, 1.82) is 0 Å². The largest absolute Gasteiger partial charge is 0.366 e. The number of thioether (sulfide) groups is 1. The van der Waals surface area contributed by atoms with Gasteiger partial charge in [-0.05, 0) is 48.9 Å². The maximum absolute atomic E-state index is 11.1. The molecular weight excluding hydrogens is 368 g/mol. The van der Waals surface area contributed by atoms with E-state index in [-0.39, 0.29) is 0 Å². The minimum Gasteiger partial charge on any atom is -0.366 e. The summed E-state index contributed by atoms with van der Waals surface area (Å²) in [5.41, 5.74) is 6.77. The van der Waals surface area contributed by atoms with E-state index in [9.17, 15) is 4.79 Å². The van der Waals surface area contributed by atoms with Crippen molar-refractivity contribution in [3.63, 3.8) is 0 Å². The third-order valence-corrected chi connectivity index (χ3v) is 4.75. The number of nitrogens with two attached hydrogens (primary N) is 1. The number of primary amides is 1. The second-order valence-corrected chi connectivity index (χ2v) is 7.09. The van der Waals surface area contributed by atoms with Gasteiger partial charge in [0.15, 0.2) is 5.96 Å². The van der Waals surface area contributed by atoms with E-state index < -0.39 is 5.91 Å². The average molecular weight is 391 g/mol. The fourth-order valence-electron chi connectivity index (χ4n) is 2.16. The minimum absolute atomic E-state index is 0.423. The lowest BCUT2D eigenvalue weighted by atomic mass is 10.1. The van der Waals surface area contributed by atoms with E-state index in [2.05, 4.69) is 15.6 Å². The van der Waals surface area contributed by atoms with Gasteiger partial charge < -0.3 is 16.4 Å². The average Bonchev–Trinajstić information content (AvgIpc) is 2.65. The van der Waals surface area contributed by atoms with E-state index in [4.69, 9.17) is 17.3 Å². The molecule has 0 aliphatic heterocycles. The first-order valence-electron chi connectivity index (χ1n) is 8.37. The highest BCUT2D eigenvalue weighted by atomic mass is 35.5. The summed E-state index contributed by atoms with van der Waals surface area (Å²) in [4.78, 5) is 16.8. The molecule has 0 heterocycles. The molecule has 0 unspecified atom stereocenters. The summed E-state index contributed by atoms with van der Waals surface area (Å²) in [5.74, 6) is 1.26. The number of carbonyl (C=O) groups excluding carboxylic acids is 1. The Kier molecular flexibility index (Phi) is 8.31. The lowest BCUT2D eigenvalue weighted by Crippen LogP contribution is -2.38. The Morgan fingerprint density at radius 3 is 2.42 bits per heavy atom. The van der Waals surface area contributed by atoms with Crippen LogP contribution in [0.3, 0.4) is 0 Å². The zero-order valence-electron chi connectivity index (χ0n) is 14.7. The second kappa shape index (κ2) is 10.7. The van der Waals surface area contributed by atoms with E-state index in [1.54, 1.807) is 23.9 Å². The number of aliphatic imine (C=N–C) groups is 1. The topological polar surface area (TPSA) is 79.5 Å². The molecule has 4 N–H and O–H groups in total. The second-order valence-electron chi connectivity index (χ2n) is 5.49. The highest BCUT2D eigenvalue weighted by Crippen LogP contribution is 2.19. The molecule has 7 heteroatoms. The number of guanidine groups is 1. The van der Waals surface area contributed by atoms with Crippen molar-refractivity contribution in [2.24, 2.45) is 10.7 Å². The predicted molar refractivity (Wildman–Crippen MR) is 110 cm³/mol. The Morgan fingerprint density at radius 2 is 1.81 bits per heavy atom. The third kappa shape index (κ3) is 6.98. The number of hydrogen-bond acceptors (Lipinski definition) is 3. The first-order chi connectivity index (χ1) is 12.6. The number of carbonyl (C=O) groups is 1. The normalized spacial score (nSPS) is 11.2. The molecule has 5 nitrogen and oxygen atoms in total. The molecule has 0 atom stereocenters. The molecule has 2 rings (SSSR count). The summed E-state index contributed by atoms with van der Waals surface area (Å²) in [7, 11) is 0. The van der Waals surface area contributed by atoms with Crippen molar-refractivity contribution < 1.29 is 4.79 Å². The van der Waals surface area contributed by atoms with E-state index in [0.29, 0.717) is 12.1 Å². The van der Waals surface area contributed by atoms with E-state index in [0.717, 1.165) is 35.4 Å². The molecule has 2 aromatic rings. The SMILES string of the molecule is CCNC(=NCc1ccc(C(N)=O)cc1)NCCSc1ccc(Cl)cc1. The lowest BCUT2D eigenvalue weighted by molar-refractivity contribution is 0.100. The summed E-state index contributed by atoms with van der Waals surface area (Å²) in [5, 5.41) is 7.29. The highest BCUT2D eigenvalue weighted by Gasteiger charge is 2.01. The molecule has 26 heavy (non-hydrogen) atoms. The molecule has 0 fully saturated rings. The van der Waals surface area contributed by atoms with Crippen molar-refractivity contribution in [1.82, 2.24) is 10.6 Å². The quantitative estimate of drug-likeness (QED) is 0.279. The maximum atomic E-state index is 11.1. The van der Waals surface area contributed by atoms with Gasteiger partial charge >= 0.3 is 0 Å². The Hall–Kier alpha value is -2.18. The number of halogens is 1. The maximum Gasteiger partial charge on any atom is 0.248 e. The molecule has 2 aromatic carbocycles. The number of nitrogens with one attached hydrogen (secondary N) is 2. The molecule has 138 valence electrons. The fourth-order valence-corrected chi connectivity index (χ4v) is 3.05. The number of benzene rings is 2. The summed E-state index contributed by atoms with van der Waals surface area (Å²) in [6, 6.07) is 15.0. The van der Waals surface area contributed by atoms with Gasteiger partial charge in [-0.1, -0.05) is 23.7 Å². The molecule has 0 saturated heterocycles. The molecule has 0 spiro atoms. The van der Waals surface area contributed by atoms with Gasteiger partial charge in [0.25, 0.3) is 0 Å². The predicted octanol–water partition coefficient (Wildman–Crippen LogP) is 3.29. The van der Waals surface area contributed by atoms with Gasteiger partial charge in [-0.15, -0.1) is 11.8 Å². The highest BCUT2D eigenvalue weighted by molar-refractivity contribution is 7.99. The summed E-state index contributed by atoms with van der Waals surface area (Å²) in [6.45, 7) is 4.14. The fraction of sp³-hybridized carbons (Fsp3) is 0.263. The van der Waals surface area contributed by atoms with E-state index in [1.165, 1.54) is 4.90 Å². The first-order valence-corrected chi connectivity index (χ1v) is 9.74. The van der Waals surface area contributed by atoms with E-state index in [1.807, 2.05) is 43.3 Å². The van der Waals surface area contributed by atoms with Crippen LogP contribution in [0.1, 0.15) is 22.8 Å². The zero-order chi connectivity index (χ0) is 18.8. The van der Waals surface area contributed by atoms with Crippen LogP contribution in [-0.4, -0.2) is 30.7 Å². The van der Waals surface area contributed by atoms with Crippen LogP contribution in [0, 0.1) is 0 Å². The number of rotatable bonds is 8. The lowest BCUT2D eigenvalue weighted by Gasteiger charge is -2.11. The van der Waals surface area contributed by atoms with Gasteiger partial charge in [-0.2, -0.15) is 0 Å². The molecule has 0 saturated carbocycles. The molecule has 0 aromatic heterocycles. The monoisotopic (exact) mass is 390 g/mol. The van der Waals surface area contributed by atoms with Crippen LogP contribution in [0.5, 0.6) is 0 Å². The van der Waals surface area contributed by atoms with Gasteiger partial charge in [0.05, 0.1) is 6.54 Å². The molecule has 0 bridgehead atoms. The summed E-state index contributed by atoms with van der Waals surface area (Å²) >= 11 is 7.65. The van der Waals surface area contributed by atoms with Gasteiger partial charge in [0.2, 0.25) is 5.91 Å². The smallest absolute Gasteiger partial charge is 0.248 e. The Labute approximate surface area is 163 Å². The van der Waals surface area contributed by atoms with Crippen LogP contribution in [0.15, 0.2) is 58.4 Å². The van der Waals surface area contributed by atoms with Crippen LogP contribution in [0.4, 0.5) is 0 Å².